The van der Waals surface area contributed by atoms with Crippen LogP contribution in [-0.4, -0.2) is 21.2 Å². The van der Waals surface area contributed by atoms with Crippen molar-refractivity contribution >= 4 is 23.0 Å². The molecule has 6 heteroatoms. The molecule has 1 aromatic heterocycles. The highest BCUT2D eigenvalue weighted by Crippen LogP contribution is 2.08. The summed E-state index contributed by atoms with van der Waals surface area (Å²) in [5, 5.41) is 6.51. The Hall–Kier alpha value is -1.95. The number of hydrogen-bond donors (Lipinski definition) is 2. The highest BCUT2D eigenvalue weighted by Gasteiger charge is 1.98. The number of hydrogen-bond acceptors (Lipinski definition) is 2. The molecular weight excluding hydrogens is 263 g/mol. The van der Waals surface area contributed by atoms with Crippen molar-refractivity contribution in [2.75, 3.05) is 11.9 Å². The van der Waals surface area contributed by atoms with Gasteiger partial charge in [-0.15, -0.1) is 0 Å². The minimum absolute atomic E-state index is 0.284. The van der Waals surface area contributed by atoms with E-state index in [4.69, 9.17) is 12.2 Å². The van der Waals surface area contributed by atoms with Crippen molar-refractivity contribution in [1.82, 2.24) is 14.9 Å². The third-order valence-corrected chi connectivity index (χ3v) is 2.77. The Morgan fingerprint density at radius 3 is 3.05 bits per heavy atom. The maximum Gasteiger partial charge on any atom is 0.170 e. The average Bonchev–Trinajstić information content (AvgIpc) is 2.88. The van der Waals surface area contributed by atoms with E-state index in [0.29, 0.717) is 10.8 Å². The lowest BCUT2D eigenvalue weighted by Gasteiger charge is -2.10. The molecule has 2 rings (SSSR count). The molecule has 0 radical (unpaired) electrons. The minimum atomic E-state index is -0.284. The van der Waals surface area contributed by atoms with E-state index in [1.165, 1.54) is 12.1 Å². The molecule has 1 heterocycles. The Morgan fingerprint density at radius 2 is 2.32 bits per heavy atom. The molecular formula is C13H15FN4S. The number of aryl methyl sites for hydroxylation is 1. The normalized spacial score (nSPS) is 10.2. The number of aromatic nitrogens is 2. The molecule has 0 bridgehead atoms. The van der Waals surface area contributed by atoms with Crippen LogP contribution in [0.1, 0.15) is 6.42 Å². The third-order valence-electron chi connectivity index (χ3n) is 2.52. The molecule has 4 nitrogen and oxygen atoms in total. The molecule has 0 aliphatic carbocycles. The SMILES string of the molecule is Fc1cccc(NC(=S)NCCCn2ccnc2)c1. The van der Waals surface area contributed by atoms with Gasteiger partial charge >= 0.3 is 0 Å². The van der Waals surface area contributed by atoms with Crippen LogP contribution < -0.4 is 10.6 Å². The number of imidazole rings is 1. The average molecular weight is 278 g/mol. The van der Waals surface area contributed by atoms with E-state index in [-0.39, 0.29) is 5.82 Å². The van der Waals surface area contributed by atoms with Crippen molar-refractivity contribution in [3.63, 3.8) is 0 Å². The molecule has 0 atom stereocenters. The van der Waals surface area contributed by atoms with Crippen LogP contribution in [0, 0.1) is 5.82 Å². The summed E-state index contributed by atoms with van der Waals surface area (Å²) < 4.78 is 15.0. The van der Waals surface area contributed by atoms with Gasteiger partial charge in [0.25, 0.3) is 0 Å². The monoisotopic (exact) mass is 278 g/mol. The van der Waals surface area contributed by atoms with Crippen LogP contribution in [0.2, 0.25) is 0 Å². The topological polar surface area (TPSA) is 41.9 Å². The van der Waals surface area contributed by atoms with E-state index < -0.39 is 0 Å². The summed E-state index contributed by atoms with van der Waals surface area (Å²) >= 11 is 5.13. The molecule has 2 N–H and O–H groups in total. The number of thiocarbonyl (C=S) groups is 1. The van der Waals surface area contributed by atoms with Crippen molar-refractivity contribution < 1.29 is 4.39 Å². The molecule has 0 amide bonds. The highest BCUT2D eigenvalue weighted by atomic mass is 32.1. The van der Waals surface area contributed by atoms with Gasteiger partial charge in [-0.1, -0.05) is 6.07 Å². The lowest BCUT2D eigenvalue weighted by Crippen LogP contribution is -2.29. The quantitative estimate of drug-likeness (QED) is 0.651. The first-order valence-corrected chi connectivity index (χ1v) is 6.41. The van der Waals surface area contributed by atoms with Crippen LogP contribution in [0.3, 0.4) is 0 Å². The van der Waals surface area contributed by atoms with E-state index in [9.17, 15) is 4.39 Å². The second kappa shape index (κ2) is 6.84. The van der Waals surface area contributed by atoms with E-state index in [1.807, 2.05) is 10.8 Å². The smallest absolute Gasteiger partial charge is 0.170 e. The van der Waals surface area contributed by atoms with Crippen LogP contribution in [-0.2, 0) is 6.54 Å². The molecule has 0 unspecified atom stereocenters. The summed E-state index contributed by atoms with van der Waals surface area (Å²) in [5.74, 6) is -0.284. The van der Waals surface area contributed by atoms with Crippen molar-refractivity contribution in [2.45, 2.75) is 13.0 Å². The van der Waals surface area contributed by atoms with Gasteiger partial charge in [0.05, 0.1) is 6.33 Å². The summed E-state index contributed by atoms with van der Waals surface area (Å²) in [6.07, 6.45) is 6.39. The fourth-order valence-corrected chi connectivity index (χ4v) is 1.84. The second-order valence-electron chi connectivity index (χ2n) is 4.05. The molecule has 0 saturated carbocycles. The van der Waals surface area contributed by atoms with Crippen molar-refractivity contribution in [3.05, 3.63) is 48.8 Å². The van der Waals surface area contributed by atoms with Gasteiger partial charge in [-0.25, -0.2) is 9.37 Å². The fraction of sp³-hybridized carbons (Fsp3) is 0.231. The lowest BCUT2D eigenvalue weighted by atomic mass is 10.3. The minimum Gasteiger partial charge on any atom is -0.362 e. The van der Waals surface area contributed by atoms with Gasteiger partial charge in [-0.05, 0) is 36.8 Å². The number of nitrogens with one attached hydrogen (secondary N) is 2. The summed E-state index contributed by atoms with van der Waals surface area (Å²) in [6, 6.07) is 6.20. The molecule has 0 saturated heterocycles. The highest BCUT2D eigenvalue weighted by molar-refractivity contribution is 7.80. The summed E-state index contributed by atoms with van der Waals surface area (Å²) in [6.45, 7) is 1.63. The number of rotatable bonds is 5. The van der Waals surface area contributed by atoms with Gasteiger partial charge in [0.2, 0.25) is 0 Å². The van der Waals surface area contributed by atoms with E-state index in [1.54, 1.807) is 24.7 Å². The van der Waals surface area contributed by atoms with Crippen LogP contribution in [0.25, 0.3) is 0 Å². The Balaban J connectivity index is 1.67. The molecule has 2 aromatic rings. The lowest BCUT2D eigenvalue weighted by molar-refractivity contribution is 0.628. The second-order valence-corrected chi connectivity index (χ2v) is 4.45. The number of anilines is 1. The zero-order valence-corrected chi connectivity index (χ0v) is 11.2. The maximum absolute atomic E-state index is 13.0. The molecule has 0 aliphatic heterocycles. The van der Waals surface area contributed by atoms with E-state index in [0.717, 1.165) is 19.5 Å². The van der Waals surface area contributed by atoms with Gasteiger partial charge in [0.15, 0.2) is 5.11 Å². The number of nitrogens with zero attached hydrogens (tertiary/aromatic N) is 2. The Labute approximate surface area is 116 Å². The van der Waals surface area contributed by atoms with E-state index in [2.05, 4.69) is 15.6 Å². The molecule has 0 fully saturated rings. The zero-order chi connectivity index (χ0) is 13.5. The molecule has 0 aliphatic rings. The van der Waals surface area contributed by atoms with Crippen LogP contribution in [0.15, 0.2) is 43.0 Å². The number of benzene rings is 1. The third kappa shape index (κ3) is 4.67. The standard InChI is InChI=1S/C13H15FN4S/c14-11-3-1-4-12(9-11)17-13(19)16-5-2-7-18-8-6-15-10-18/h1,3-4,6,8-10H,2,5,7H2,(H2,16,17,19). The molecule has 100 valence electrons. The summed E-state index contributed by atoms with van der Waals surface area (Å²) in [7, 11) is 0. The van der Waals surface area contributed by atoms with Crippen molar-refractivity contribution in [1.29, 1.82) is 0 Å². The van der Waals surface area contributed by atoms with Crippen LogP contribution in [0.4, 0.5) is 10.1 Å². The van der Waals surface area contributed by atoms with Crippen molar-refractivity contribution in [2.24, 2.45) is 0 Å². The summed E-state index contributed by atoms with van der Waals surface area (Å²) in [5.41, 5.74) is 0.645. The maximum atomic E-state index is 13.0. The summed E-state index contributed by atoms with van der Waals surface area (Å²) in [4.78, 5) is 3.97. The molecule has 19 heavy (non-hydrogen) atoms. The predicted octanol–water partition coefficient (Wildman–Crippen LogP) is 2.40. The molecule has 1 aromatic carbocycles. The first-order chi connectivity index (χ1) is 9.24. The van der Waals surface area contributed by atoms with Gasteiger partial charge in [-0.2, -0.15) is 0 Å². The fourth-order valence-electron chi connectivity index (χ4n) is 1.62. The Bertz CT molecular complexity index is 527. The zero-order valence-electron chi connectivity index (χ0n) is 10.3. The first-order valence-electron chi connectivity index (χ1n) is 6.00. The Kier molecular flexibility index (Phi) is 4.85. The van der Waals surface area contributed by atoms with Crippen LogP contribution in [0.5, 0.6) is 0 Å². The predicted molar refractivity (Wildman–Crippen MR) is 77.5 cm³/mol. The first kappa shape index (κ1) is 13.5. The van der Waals surface area contributed by atoms with Gasteiger partial charge in [-0.3, -0.25) is 0 Å². The van der Waals surface area contributed by atoms with Crippen LogP contribution >= 0.6 is 12.2 Å². The van der Waals surface area contributed by atoms with Gasteiger partial charge in [0.1, 0.15) is 5.82 Å². The largest absolute Gasteiger partial charge is 0.362 e. The Morgan fingerprint density at radius 1 is 1.42 bits per heavy atom. The van der Waals surface area contributed by atoms with Gasteiger partial charge < -0.3 is 15.2 Å². The van der Waals surface area contributed by atoms with E-state index >= 15 is 0 Å². The van der Waals surface area contributed by atoms with Gasteiger partial charge in [0, 0.05) is 31.2 Å². The molecule has 0 spiro atoms. The van der Waals surface area contributed by atoms with Crippen molar-refractivity contribution in [3.8, 4) is 0 Å². The number of halogens is 1.